The molecular formula is C13H17BrFN. The van der Waals surface area contributed by atoms with Gasteiger partial charge in [0.15, 0.2) is 0 Å². The molecule has 0 aliphatic rings. The Morgan fingerprint density at radius 3 is 2.75 bits per heavy atom. The lowest BCUT2D eigenvalue weighted by Gasteiger charge is -2.16. The van der Waals surface area contributed by atoms with Crippen molar-refractivity contribution in [2.45, 2.75) is 26.8 Å². The van der Waals surface area contributed by atoms with E-state index in [1.807, 2.05) is 39.0 Å². The summed E-state index contributed by atoms with van der Waals surface area (Å²) in [7, 11) is 0. The van der Waals surface area contributed by atoms with Crippen molar-refractivity contribution < 1.29 is 4.39 Å². The molecule has 1 nitrogen and oxygen atoms in total. The molecule has 88 valence electrons. The molecule has 0 fully saturated rings. The number of halogens is 2. The molecule has 1 atom stereocenters. The molecule has 0 aliphatic carbocycles. The molecule has 0 aromatic heterocycles. The van der Waals surface area contributed by atoms with Gasteiger partial charge in [-0.1, -0.05) is 30.7 Å². The first-order valence-corrected chi connectivity index (χ1v) is 6.17. The number of rotatable bonds is 4. The van der Waals surface area contributed by atoms with E-state index >= 15 is 0 Å². The third kappa shape index (κ3) is 3.42. The molecule has 3 heteroatoms. The molecule has 1 N–H and O–H groups in total. The highest BCUT2D eigenvalue weighted by Gasteiger charge is 2.13. The Balaban J connectivity index is 3.10. The Hall–Kier alpha value is -0.670. The topological polar surface area (TPSA) is 12.0 Å². The normalized spacial score (nSPS) is 12.3. The average molecular weight is 286 g/mol. The maximum atomic E-state index is 13.9. The van der Waals surface area contributed by atoms with Crippen molar-refractivity contribution in [3.63, 3.8) is 0 Å². The number of likely N-dealkylation sites (N-methyl/N-ethyl adjacent to an activating group) is 1. The molecule has 0 saturated carbocycles. The second-order valence-corrected chi connectivity index (χ2v) is 4.78. The van der Waals surface area contributed by atoms with Crippen molar-refractivity contribution in [1.82, 2.24) is 5.32 Å². The van der Waals surface area contributed by atoms with Gasteiger partial charge in [0, 0.05) is 5.56 Å². The molecule has 0 aliphatic heterocycles. The van der Waals surface area contributed by atoms with Crippen molar-refractivity contribution in [3.05, 3.63) is 45.7 Å². The molecule has 0 spiro atoms. The number of benzene rings is 1. The minimum Gasteiger partial charge on any atom is -0.307 e. The average Bonchev–Trinajstić information content (AvgIpc) is 2.21. The summed E-state index contributed by atoms with van der Waals surface area (Å²) in [5.74, 6) is -0.189. The zero-order valence-electron chi connectivity index (χ0n) is 9.85. The molecule has 1 unspecified atom stereocenters. The van der Waals surface area contributed by atoms with Gasteiger partial charge in [-0.2, -0.15) is 0 Å². The lowest BCUT2D eigenvalue weighted by atomic mass is 10.0. The molecule has 16 heavy (non-hydrogen) atoms. The predicted octanol–water partition coefficient (Wildman–Crippen LogP) is 4.21. The van der Waals surface area contributed by atoms with Gasteiger partial charge >= 0.3 is 0 Å². The van der Waals surface area contributed by atoms with E-state index in [1.54, 1.807) is 6.07 Å². The third-order valence-corrected chi connectivity index (χ3v) is 2.85. The van der Waals surface area contributed by atoms with Crippen LogP contribution in [0.5, 0.6) is 0 Å². The first kappa shape index (κ1) is 13.4. The Kier molecular flexibility index (Phi) is 5.16. The van der Waals surface area contributed by atoms with Gasteiger partial charge in [0.2, 0.25) is 0 Å². The highest BCUT2D eigenvalue weighted by atomic mass is 79.9. The summed E-state index contributed by atoms with van der Waals surface area (Å²) in [6, 6.07) is 5.32. The quantitative estimate of drug-likeness (QED) is 0.818. The lowest BCUT2D eigenvalue weighted by molar-refractivity contribution is 0.561. The lowest BCUT2D eigenvalue weighted by Crippen LogP contribution is -2.20. The molecule has 0 saturated heterocycles. The van der Waals surface area contributed by atoms with Crippen molar-refractivity contribution in [3.8, 4) is 0 Å². The number of allylic oxidation sites excluding steroid dienone is 1. The Labute approximate surface area is 105 Å². The van der Waals surface area contributed by atoms with E-state index < -0.39 is 0 Å². The second-order valence-electron chi connectivity index (χ2n) is 3.92. The monoisotopic (exact) mass is 285 g/mol. The van der Waals surface area contributed by atoms with Crippen LogP contribution in [-0.2, 0) is 0 Å². The van der Waals surface area contributed by atoms with Crippen molar-refractivity contribution in [2.75, 3.05) is 6.54 Å². The first-order valence-electron chi connectivity index (χ1n) is 5.38. The van der Waals surface area contributed by atoms with Gasteiger partial charge in [-0.05, 0) is 42.4 Å². The summed E-state index contributed by atoms with van der Waals surface area (Å²) < 4.78 is 14.4. The molecule has 1 aromatic rings. The van der Waals surface area contributed by atoms with E-state index in [1.165, 1.54) is 5.57 Å². The number of hydrogen-bond donors (Lipinski definition) is 1. The van der Waals surface area contributed by atoms with Gasteiger partial charge < -0.3 is 5.32 Å². The minimum absolute atomic E-state index is 0.0625. The summed E-state index contributed by atoms with van der Waals surface area (Å²) in [4.78, 5) is 0. The molecule has 0 radical (unpaired) electrons. The van der Waals surface area contributed by atoms with Gasteiger partial charge in [-0.15, -0.1) is 0 Å². The molecule has 0 bridgehead atoms. The summed E-state index contributed by atoms with van der Waals surface area (Å²) in [6.45, 7) is 6.85. The van der Waals surface area contributed by atoms with E-state index in [4.69, 9.17) is 0 Å². The molecule has 1 rings (SSSR count). The van der Waals surface area contributed by atoms with Crippen molar-refractivity contribution >= 4 is 15.9 Å². The first-order chi connectivity index (χ1) is 7.56. The minimum atomic E-state index is -0.189. The van der Waals surface area contributed by atoms with Gasteiger partial charge in [0.25, 0.3) is 0 Å². The third-order valence-electron chi connectivity index (χ3n) is 2.24. The maximum absolute atomic E-state index is 13.9. The fourth-order valence-corrected chi connectivity index (χ4v) is 1.95. The fraction of sp³-hybridized carbons (Fsp3) is 0.385. The summed E-state index contributed by atoms with van der Waals surface area (Å²) >= 11 is 3.21. The van der Waals surface area contributed by atoms with Gasteiger partial charge in [0.05, 0.1) is 10.5 Å². The van der Waals surface area contributed by atoms with E-state index in [-0.39, 0.29) is 11.9 Å². The van der Waals surface area contributed by atoms with Crippen LogP contribution in [0.25, 0.3) is 0 Å². The standard InChI is InChI=1S/C13H17BrFN/c1-4-16-12(8-9(2)3)10-6-5-7-11(14)13(10)15/h5-8,12,16H,4H2,1-3H3. The van der Waals surface area contributed by atoms with Gasteiger partial charge in [0.1, 0.15) is 5.82 Å². The van der Waals surface area contributed by atoms with Gasteiger partial charge in [-0.3, -0.25) is 0 Å². The van der Waals surface area contributed by atoms with Gasteiger partial charge in [-0.25, -0.2) is 4.39 Å². The van der Waals surface area contributed by atoms with Crippen LogP contribution in [-0.4, -0.2) is 6.54 Å². The van der Waals surface area contributed by atoms with Crippen LogP contribution in [0.2, 0.25) is 0 Å². The van der Waals surface area contributed by atoms with Crippen LogP contribution in [0.4, 0.5) is 4.39 Å². The van der Waals surface area contributed by atoms with Crippen LogP contribution in [0.3, 0.4) is 0 Å². The fourth-order valence-electron chi connectivity index (χ4n) is 1.57. The zero-order chi connectivity index (χ0) is 12.1. The van der Waals surface area contributed by atoms with Crippen molar-refractivity contribution in [1.29, 1.82) is 0 Å². The molecular weight excluding hydrogens is 269 g/mol. The van der Waals surface area contributed by atoms with Crippen LogP contribution in [0.15, 0.2) is 34.3 Å². The van der Waals surface area contributed by atoms with Crippen molar-refractivity contribution in [2.24, 2.45) is 0 Å². The Morgan fingerprint density at radius 1 is 1.50 bits per heavy atom. The smallest absolute Gasteiger partial charge is 0.142 e. The SMILES string of the molecule is CCNC(C=C(C)C)c1cccc(Br)c1F. The van der Waals surface area contributed by atoms with E-state index in [2.05, 4.69) is 21.2 Å². The highest BCUT2D eigenvalue weighted by Crippen LogP contribution is 2.25. The van der Waals surface area contributed by atoms with Crippen LogP contribution in [0, 0.1) is 5.82 Å². The predicted molar refractivity (Wildman–Crippen MR) is 69.9 cm³/mol. The number of nitrogens with one attached hydrogen (secondary N) is 1. The largest absolute Gasteiger partial charge is 0.307 e. The number of hydrogen-bond acceptors (Lipinski definition) is 1. The second kappa shape index (κ2) is 6.16. The molecule has 0 heterocycles. The van der Waals surface area contributed by atoms with E-state index in [9.17, 15) is 4.39 Å². The Morgan fingerprint density at radius 2 is 2.19 bits per heavy atom. The summed E-state index contributed by atoms with van der Waals surface area (Å²) in [5, 5.41) is 3.26. The Bertz CT molecular complexity index is 384. The zero-order valence-corrected chi connectivity index (χ0v) is 11.4. The molecule has 0 amide bonds. The van der Waals surface area contributed by atoms with Crippen LogP contribution in [0.1, 0.15) is 32.4 Å². The highest BCUT2D eigenvalue weighted by molar-refractivity contribution is 9.10. The van der Waals surface area contributed by atoms with Crippen LogP contribution < -0.4 is 5.32 Å². The van der Waals surface area contributed by atoms with E-state index in [0.29, 0.717) is 10.0 Å². The van der Waals surface area contributed by atoms with Crippen LogP contribution >= 0.6 is 15.9 Å². The maximum Gasteiger partial charge on any atom is 0.142 e. The van der Waals surface area contributed by atoms with E-state index in [0.717, 1.165) is 6.54 Å². The molecule has 1 aromatic carbocycles. The summed E-state index contributed by atoms with van der Waals surface area (Å²) in [5.41, 5.74) is 1.85. The summed E-state index contributed by atoms with van der Waals surface area (Å²) in [6.07, 6.45) is 2.04.